The zero-order valence-corrected chi connectivity index (χ0v) is 11.6. The summed E-state index contributed by atoms with van der Waals surface area (Å²) < 4.78 is 0. The van der Waals surface area contributed by atoms with Crippen molar-refractivity contribution in [3.63, 3.8) is 0 Å². The molecule has 1 unspecified atom stereocenters. The molecular weight excluding hydrogens is 200 g/mol. The normalized spacial score (nSPS) is 13.5. The maximum absolute atomic E-state index is 2.32. The summed E-state index contributed by atoms with van der Waals surface area (Å²) in [5.74, 6) is 1.28. The molecule has 0 saturated heterocycles. The number of thioether (sulfide) groups is 1. The Labute approximate surface area is 101 Å². The highest BCUT2D eigenvalue weighted by molar-refractivity contribution is 7.99. The third-order valence-corrected chi connectivity index (χ3v) is 4.11. The van der Waals surface area contributed by atoms with Crippen LogP contribution in [-0.4, -0.2) is 11.0 Å². The average Bonchev–Trinajstić information content (AvgIpc) is 2.26. The number of rotatable bonds is 10. The lowest BCUT2D eigenvalue weighted by molar-refractivity contribution is 0.599. The first-order chi connectivity index (χ1) is 7.35. The van der Waals surface area contributed by atoms with E-state index < -0.39 is 0 Å². The van der Waals surface area contributed by atoms with Gasteiger partial charge in [-0.3, -0.25) is 0 Å². The van der Waals surface area contributed by atoms with Gasteiger partial charge in [0.25, 0.3) is 0 Å². The van der Waals surface area contributed by atoms with E-state index in [2.05, 4.69) is 44.7 Å². The predicted molar refractivity (Wildman–Crippen MR) is 74.7 cm³/mol. The highest BCUT2D eigenvalue weighted by atomic mass is 32.2. The monoisotopic (exact) mass is 228 g/mol. The third-order valence-electron chi connectivity index (χ3n) is 2.74. The smallest absolute Gasteiger partial charge is 0.00443 e. The molecule has 0 aromatic rings. The molecule has 1 atom stereocenters. The van der Waals surface area contributed by atoms with Gasteiger partial charge in [0.15, 0.2) is 0 Å². The van der Waals surface area contributed by atoms with Crippen LogP contribution in [0.1, 0.15) is 65.7 Å². The summed E-state index contributed by atoms with van der Waals surface area (Å²) in [7, 11) is 0. The van der Waals surface area contributed by atoms with E-state index in [4.69, 9.17) is 0 Å². The zero-order chi connectivity index (χ0) is 11.4. The topological polar surface area (TPSA) is 0 Å². The number of hydrogen-bond donors (Lipinski definition) is 0. The molecule has 0 fully saturated rings. The first-order valence-electron chi connectivity index (χ1n) is 6.57. The van der Waals surface area contributed by atoms with Crippen molar-refractivity contribution in [1.82, 2.24) is 0 Å². The number of unbranched alkanes of at least 4 members (excludes halogenated alkanes) is 4. The Morgan fingerprint density at radius 1 is 1.07 bits per heavy atom. The molecule has 0 aliphatic rings. The summed E-state index contributed by atoms with van der Waals surface area (Å²) in [6, 6.07) is 0. The Hall–Kier alpha value is 0.0900. The summed E-state index contributed by atoms with van der Waals surface area (Å²) in [6.07, 6.45) is 14.1. The Morgan fingerprint density at radius 3 is 2.40 bits per heavy atom. The molecule has 0 rings (SSSR count). The minimum absolute atomic E-state index is 0.922. The highest BCUT2D eigenvalue weighted by Gasteiger charge is 2.04. The molecule has 0 N–H and O–H groups in total. The van der Waals surface area contributed by atoms with Crippen LogP contribution in [-0.2, 0) is 0 Å². The second kappa shape index (κ2) is 12.2. The van der Waals surface area contributed by atoms with E-state index in [0.717, 1.165) is 5.25 Å². The Morgan fingerprint density at radius 2 is 1.80 bits per heavy atom. The summed E-state index contributed by atoms with van der Waals surface area (Å²) in [6.45, 7) is 6.69. The number of allylic oxidation sites excluding steroid dienone is 2. The minimum Gasteiger partial charge on any atom is -0.159 e. The lowest BCUT2D eigenvalue weighted by Crippen LogP contribution is -2.00. The molecule has 0 bridgehead atoms. The van der Waals surface area contributed by atoms with Gasteiger partial charge in [0, 0.05) is 5.25 Å². The largest absolute Gasteiger partial charge is 0.159 e. The van der Waals surface area contributed by atoms with Crippen LogP contribution in [0.5, 0.6) is 0 Å². The van der Waals surface area contributed by atoms with E-state index in [0.29, 0.717) is 0 Å². The lowest BCUT2D eigenvalue weighted by atomic mass is 10.1. The van der Waals surface area contributed by atoms with Gasteiger partial charge in [0.05, 0.1) is 0 Å². The van der Waals surface area contributed by atoms with Gasteiger partial charge in [-0.15, -0.1) is 0 Å². The molecule has 15 heavy (non-hydrogen) atoms. The zero-order valence-electron chi connectivity index (χ0n) is 10.8. The molecule has 0 heterocycles. The molecule has 0 nitrogen and oxygen atoms in total. The van der Waals surface area contributed by atoms with Crippen molar-refractivity contribution >= 4 is 11.8 Å². The summed E-state index contributed by atoms with van der Waals surface area (Å²) in [5.41, 5.74) is 0. The van der Waals surface area contributed by atoms with Crippen molar-refractivity contribution in [1.29, 1.82) is 0 Å². The Balaban J connectivity index is 3.21. The fourth-order valence-electron chi connectivity index (χ4n) is 1.80. The van der Waals surface area contributed by atoms with Gasteiger partial charge in [-0.2, -0.15) is 11.8 Å². The predicted octanol–water partition coefficient (Wildman–Crippen LogP) is 5.43. The van der Waals surface area contributed by atoms with Crippen LogP contribution in [0.15, 0.2) is 12.2 Å². The average molecular weight is 228 g/mol. The molecule has 0 aliphatic carbocycles. The van der Waals surface area contributed by atoms with Crippen LogP contribution in [0.2, 0.25) is 0 Å². The van der Waals surface area contributed by atoms with Gasteiger partial charge in [0.2, 0.25) is 0 Å². The Kier molecular flexibility index (Phi) is 12.2. The van der Waals surface area contributed by atoms with Crippen molar-refractivity contribution in [2.45, 2.75) is 71.0 Å². The molecule has 0 aromatic carbocycles. The summed E-state index contributed by atoms with van der Waals surface area (Å²) in [5, 5.41) is 0.922. The van der Waals surface area contributed by atoms with Crippen LogP contribution in [0.25, 0.3) is 0 Å². The molecule has 0 aromatic heterocycles. The first-order valence-corrected chi connectivity index (χ1v) is 7.62. The van der Waals surface area contributed by atoms with Crippen LogP contribution in [0.3, 0.4) is 0 Å². The van der Waals surface area contributed by atoms with Gasteiger partial charge in [-0.25, -0.2) is 0 Å². The summed E-state index contributed by atoms with van der Waals surface area (Å²) in [4.78, 5) is 0. The van der Waals surface area contributed by atoms with Crippen molar-refractivity contribution in [2.24, 2.45) is 0 Å². The van der Waals surface area contributed by atoms with Gasteiger partial charge in [-0.1, -0.05) is 45.3 Å². The van der Waals surface area contributed by atoms with E-state index in [9.17, 15) is 0 Å². The quantitative estimate of drug-likeness (QED) is 0.354. The second-order valence-electron chi connectivity index (χ2n) is 4.05. The van der Waals surface area contributed by atoms with Crippen molar-refractivity contribution in [3.8, 4) is 0 Å². The molecule has 0 spiro atoms. The molecule has 0 amide bonds. The molecule has 0 aliphatic heterocycles. The molecule has 90 valence electrons. The molecular formula is C14H28S. The SMILES string of the molecule is CC=CCCCCCCC(CC)SCC. The van der Waals surface area contributed by atoms with Crippen LogP contribution in [0.4, 0.5) is 0 Å². The van der Waals surface area contributed by atoms with E-state index in [1.807, 2.05) is 0 Å². The van der Waals surface area contributed by atoms with Crippen molar-refractivity contribution < 1.29 is 0 Å². The molecule has 1 heteroatoms. The third kappa shape index (κ3) is 10.4. The fourth-order valence-corrected chi connectivity index (χ4v) is 2.84. The van der Waals surface area contributed by atoms with Crippen LogP contribution < -0.4 is 0 Å². The van der Waals surface area contributed by atoms with Crippen molar-refractivity contribution in [2.75, 3.05) is 5.75 Å². The highest BCUT2D eigenvalue weighted by Crippen LogP contribution is 2.20. The standard InChI is InChI=1S/C14H28S/c1-4-7-8-9-10-11-12-13-14(5-2)15-6-3/h4,7,14H,5-6,8-13H2,1-3H3. The van der Waals surface area contributed by atoms with Gasteiger partial charge >= 0.3 is 0 Å². The van der Waals surface area contributed by atoms with E-state index in [-0.39, 0.29) is 0 Å². The molecule has 0 saturated carbocycles. The van der Waals surface area contributed by atoms with Gasteiger partial charge < -0.3 is 0 Å². The first kappa shape index (κ1) is 15.1. The van der Waals surface area contributed by atoms with E-state index >= 15 is 0 Å². The van der Waals surface area contributed by atoms with Gasteiger partial charge in [-0.05, 0) is 38.4 Å². The van der Waals surface area contributed by atoms with E-state index in [1.165, 1.54) is 50.7 Å². The van der Waals surface area contributed by atoms with E-state index in [1.54, 1.807) is 0 Å². The maximum atomic E-state index is 2.32. The number of hydrogen-bond acceptors (Lipinski definition) is 1. The lowest BCUT2D eigenvalue weighted by Gasteiger charge is -2.12. The minimum atomic E-state index is 0.922. The van der Waals surface area contributed by atoms with Gasteiger partial charge in [0.1, 0.15) is 0 Å². The fraction of sp³-hybridized carbons (Fsp3) is 0.857. The Bertz CT molecular complexity index is 140. The van der Waals surface area contributed by atoms with Crippen LogP contribution >= 0.6 is 11.8 Å². The van der Waals surface area contributed by atoms with Crippen molar-refractivity contribution in [3.05, 3.63) is 12.2 Å². The maximum Gasteiger partial charge on any atom is 0.00443 e. The second-order valence-corrected chi connectivity index (χ2v) is 5.62. The summed E-state index contributed by atoms with van der Waals surface area (Å²) >= 11 is 2.14. The van der Waals surface area contributed by atoms with Crippen LogP contribution in [0, 0.1) is 0 Å². The molecule has 0 radical (unpaired) electrons.